The molecule has 0 radical (unpaired) electrons. The Kier molecular flexibility index (Phi) is 3.56. The summed E-state index contributed by atoms with van der Waals surface area (Å²) in [6, 6.07) is 7.83. The summed E-state index contributed by atoms with van der Waals surface area (Å²) in [5.41, 5.74) is 1.04. The highest BCUT2D eigenvalue weighted by molar-refractivity contribution is 5.08. The lowest BCUT2D eigenvalue weighted by Crippen LogP contribution is -2.21. The summed E-state index contributed by atoms with van der Waals surface area (Å²) in [5.74, 6) is 0.802. The van der Waals surface area contributed by atoms with Crippen LogP contribution >= 0.6 is 0 Å². The maximum atomic E-state index is 4.30. The van der Waals surface area contributed by atoms with Gasteiger partial charge < -0.3 is 5.32 Å². The Morgan fingerprint density at radius 2 is 1.81 bits per heavy atom. The van der Waals surface area contributed by atoms with Crippen LogP contribution < -0.4 is 5.32 Å². The van der Waals surface area contributed by atoms with E-state index in [1.165, 1.54) is 0 Å². The van der Waals surface area contributed by atoms with Crippen molar-refractivity contribution >= 4 is 0 Å². The molecule has 2 aromatic heterocycles. The Hall–Kier alpha value is -1.81. The van der Waals surface area contributed by atoms with Crippen molar-refractivity contribution in [2.24, 2.45) is 0 Å². The Morgan fingerprint density at radius 3 is 2.44 bits per heavy atom. The predicted octanol–water partition coefficient (Wildman–Crippen LogP) is 1.37. The van der Waals surface area contributed by atoms with Crippen molar-refractivity contribution in [2.45, 2.75) is 12.5 Å². The zero-order valence-corrected chi connectivity index (χ0v) is 9.17. The van der Waals surface area contributed by atoms with Gasteiger partial charge in [-0.2, -0.15) is 0 Å². The van der Waals surface area contributed by atoms with Crippen molar-refractivity contribution in [3.63, 3.8) is 0 Å². The van der Waals surface area contributed by atoms with Crippen LogP contribution in [0.3, 0.4) is 0 Å². The van der Waals surface area contributed by atoms with Crippen LogP contribution in [0.2, 0.25) is 0 Å². The summed E-state index contributed by atoms with van der Waals surface area (Å²) in [6.45, 7) is 0. The molecule has 0 aliphatic rings. The molecule has 0 spiro atoms. The van der Waals surface area contributed by atoms with Gasteiger partial charge in [0.25, 0.3) is 0 Å². The van der Waals surface area contributed by atoms with E-state index in [4.69, 9.17) is 0 Å². The zero-order chi connectivity index (χ0) is 11.2. The molecule has 0 aliphatic heterocycles. The lowest BCUT2D eigenvalue weighted by Gasteiger charge is -2.13. The summed E-state index contributed by atoms with van der Waals surface area (Å²) in [4.78, 5) is 12.8. The van der Waals surface area contributed by atoms with E-state index in [2.05, 4.69) is 20.3 Å². The molecule has 0 saturated heterocycles. The van der Waals surface area contributed by atoms with E-state index < -0.39 is 0 Å². The first kappa shape index (κ1) is 10.7. The highest BCUT2D eigenvalue weighted by Gasteiger charge is 2.12. The van der Waals surface area contributed by atoms with Crippen LogP contribution in [0.1, 0.15) is 17.6 Å². The number of hydrogen-bond acceptors (Lipinski definition) is 4. The SMILES string of the molecule is CNC(Cc1ccccn1)c1ncccn1. The van der Waals surface area contributed by atoms with E-state index in [0.717, 1.165) is 17.9 Å². The molecule has 2 rings (SSSR count). The average Bonchev–Trinajstić information content (AvgIpc) is 2.38. The first-order valence-electron chi connectivity index (χ1n) is 5.24. The third kappa shape index (κ3) is 2.61. The highest BCUT2D eigenvalue weighted by Crippen LogP contribution is 2.11. The van der Waals surface area contributed by atoms with E-state index >= 15 is 0 Å². The molecule has 1 N–H and O–H groups in total. The number of likely N-dealkylation sites (N-methyl/N-ethyl adjacent to an activating group) is 1. The minimum Gasteiger partial charge on any atom is -0.310 e. The standard InChI is InChI=1S/C12H14N4/c1-13-11(12-15-7-4-8-16-12)9-10-5-2-3-6-14-10/h2-8,11,13H,9H2,1H3. The summed E-state index contributed by atoms with van der Waals surface area (Å²) in [5, 5.41) is 3.20. The third-order valence-electron chi connectivity index (χ3n) is 2.39. The molecule has 2 heterocycles. The van der Waals surface area contributed by atoms with Crippen molar-refractivity contribution in [1.29, 1.82) is 0 Å². The Bertz CT molecular complexity index is 416. The molecule has 1 unspecified atom stereocenters. The minimum atomic E-state index is 0.108. The van der Waals surface area contributed by atoms with Gasteiger partial charge >= 0.3 is 0 Å². The molecule has 0 aliphatic carbocycles. The van der Waals surface area contributed by atoms with Gasteiger partial charge in [-0.1, -0.05) is 6.07 Å². The summed E-state index contributed by atoms with van der Waals surface area (Å²) in [6.07, 6.45) is 6.10. The van der Waals surface area contributed by atoms with Crippen LogP contribution in [0.5, 0.6) is 0 Å². The molecule has 82 valence electrons. The second kappa shape index (κ2) is 5.32. The van der Waals surface area contributed by atoms with Gasteiger partial charge in [0, 0.05) is 30.7 Å². The van der Waals surface area contributed by atoms with Crippen molar-refractivity contribution in [3.8, 4) is 0 Å². The lowest BCUT2D eigenvalue weighted by atomic mass is 10.1. The minimum absolute atomic E-state index is 0.108. The van der Waals surface area contributed by atoms with Gasteiger partial charge in [0.15, 0.2) is 0 Å². The normalized spacial score (nSPS) is 12.3. The monoisotopic (exact) mass is 214 g/mol. The predicted molar refractivity (Wildman–Crippen MR) is 61.8 cm³/mol. The van der Waals surface area contributed by atoms with Crippen molar-refractivity contribution < 1.29 is 0 Å². The number of hydrogen-bond donors (Lipinski definition) is 1. The van der Waals surface area contributed by atoms with E-state index in [1.807, 2.05) is 31.3 Å². The Labute approximate surface area is 94.8 Å². The quantitative estimate of drug-likeness (QED) is 0.835. The molecule has 4 heteroatoms. The molecular weight excluding hydrogens is 200 g/mol. The first-order chi connectivity index (χ1) is 7.90. The maximum absolute atomic E-state index is 4.30. The molecule has 0 bridgehead atoms. The van der Waals surface area contributed by atoms with Gasteiger partial charge in [-0.15, -0.1) is 0 Å². The molecule has 1 atom stereocenters. The second-order valence-corrected chi connectivity index (χ2v) is 3.47. The third-order valence-corrected chi connectivity index (χ3v) is 2.39. The van der Waals surface area contributed by atoms with Crippen LogP contribution in [0.25, 0.3) is 0 Å². The number of aromatic nitrogens is 3. The second-order valence-electron chi connectivity index (χ2n) is 3.47. The molecule has 0 aromatic carbocycles. The fourth-order valence-electron chi connectivity index (χ4n) is 1.54. The Balaban J connectivity index is 2.13. The van der Waals surface area contributed by atoms with Crippen molar-refractivity contribution in [1.82, 2.24) is 20.3 Å². The van der Waals surface area contributed by atoms with Gasteiger partial charge in [-0.3, -0.25) is 4.98 Å². The topological polar surface area (TPSA) is 50.7 Å². The molecule has 2 aromatic rings. The van der Waals surface area contributed by atoms with Crippen molar-refractivity contribution in [2.75, 3.05) is 7.05 Å². The fraction of sp³-hybridized carbons (Fsp3) is 0.250. The van der Waals surface area contributed by atoms with Crippen LogP contribution in [-0.2, 0) is 6.42 Å². The van der Waals surface area contributed by atoms with Gasteiger partial charge in [-0.25, -0.2) is 9.97 Å². The molecule has 4 nitrogen and oxygen atoms in total. The lowest BCUT2D eigenvalue weighted by molar-refractivity contribution is 0.551. The van der Waals surface area contributed by atoms with E-state index in [1.54, 1.807) is 18.6 Å². The molecule has 0 amide bonds. The number of pyridine rings is 1. The fourth-order valence-corrected chi connectivity index (χ4v) is 1.54. The highest BCUT2D eigenvalue weighted by atomic mass is 15.0. The van der Waals surface area contributed by atoms with Gasteiger partial charge in [0.1, 0.15) is 5.82 Å². The first-order valence-corrected chi connectivity index (χ1v) is 5.24. The van der Waals surface area contributed by atoms with Crippen LogP contribution in [-0.4, -0.2) is 22.0 Å². The zero-order valence-electron chi connectivity index (χ0n) is 9.17. The summed E-state index contributed by atoms with van der Waals surface area (Å²) in [7, 11) is 1.91. The summed E-state index contributed by atoms with van der Waals surface area (Å²) >= 11 is 0. The van der Waals surface area contributed by atoms with E-state index in [-0.39, 0.29) is 6.04 Å². The molecule has 0 saturated carbocycles. The molecule has 16 heavy (non-hydrogen) atoms. The average molecular weight is 214 g/mol. The van der Waals surface area contributed by atoms with Crippen LogP contribution in [0, 0.1) is 0 Å². The van der Waals surface area contributed by atoms with Crippen LogP contribution in [0.15, 0.2) is 42.9 Å². The van der Waals surface area contributed by atoms with Gasteiger partial charge in [-0.05, 0) is 25.2 Å². The molecule has 0 fully saturated rings. The summed E-state index contributed by atoms with van der Waals surface area (Å²) < 4.78 is 0. The Morgan fingerprint density at radius 1 is 1.06 bits per heavy atom. The largest absolute Gasteiger partial charge is 0.310 e. The number of rotatable bonds is 4. The van der Waals surface area contributed by atoms with Crippen molar-refractivity contribution in [3.05, 3.63) is 54.4 Å². The van der Waals surface area contributed by atoms with Gasteiger partial charge in [0.05, 0.1) is 6.04 Å². The van der Waals surface area contributed by atoms with Gasteiger partial charge in [0.2, 0.25) is 0 Å². The van der Waals surface area contributed by atoms with E-state index in [0.29, 0.717) is 0 Å². The maximum Gasteiger partial charge on any atom is 0.145 e. The number of nitrogens with zero attached hydrogens (tertiary/aromatic N) is 3. The smallest absolute Gasteiger partial charge is 0.145 e. The number of nitrogens with one attached hydrogen (secondary N) is 1. The van der Waals surface area contributed by atoms with Crippen LogP contribution in [0.4, 0.5) is 0 Å². The molecular formula is C12H14N4. The van der Waals surface area contributed by atoms with E-state index in [9.17, 15) is 0 Å².